The van der Waals surface area contributed by atoms with Gasteiger partial charge in [0.2, 0.25) is 0 Å². The van der Waals surface area contributed by atoms with Gasteiger partial charge < -0.3 is 14.5 Å². The van der Waals surface area contributed by atoms with E-state index in [9.17, 15) is 4.79 Å². The number of ether oxygens (including phenoxy) is 1. The number of hydrogen-bond acceptors (Lipinski definition) is 4. The minimum atomic E-state index is -0.0713. The number of benzene rings is 2. The molecule has 0 unspecified atom stereocenters. The monoisotopic (exact) mass is 375 g/mol. The zero-order chi connectivity index (χ0) is 19.7. The molecule has 2 aromatic carbocycles. The van der Waals surface area contributed by atoms with Crippen LogP contribution in [0.15, 0.2) is 54.6 Å². The average molecular weight is 375 g/mol. The van der Waals surface area contributed by atoms with Gasteiger partial charge in [0.05, 0.1) is 29.9 Å². The highest BCUT2D eigenvalue weighted by molar-refractivity contribution is 6.06. The van der Waals surface area contributed by atoms with E-state index in [-0.39, 0.29) is 12.0 Å². The molecular formula is C23H25N3O2. The van der Waals surface area contributed by atoms with Crippen LogP contribution >= 0.6 is 0 Å². The molecular weight excluding hydrogens is 350 g/mol. The van der Waals surface area contributed by atoms with E-state index in [0.717, 1.165) is 41.1 Å². The Morgan fingerprint density at radius 1 is 1.21 bits per heavy atom. The number of anilines is 1. The summed E-state index contributed by atoms with van der Waals surface area (Å²) in [7, 11) is 1.84. The third kappa shape index (κ3) is 3.40. The molecule has 28 heavy (non-hydrogen) atoms. The molecule has 0 saturated carbocycles. The van der Waals surface area contributed by atoms with Crippen LogP contribution in [-0.4, -0.2) is 48.6 Å². The highest BCUT2D eigenvalue weighted by Crippen LogP contribution is 2.33. The number of aromatic nitrogens is 1. The fourth-order valence-electron chi connectivity index (χ4n) is 3.85. The summed E-state index contributed by atoms with van der Waals surface area (Å²) >= 11 is 0. The van der Waals surface area contributed by atoms with E-state index in [1.165, 1.54) is 0 Å². The van der Waals surface area contributed by atoms with E-state index in [1.54, 1.807) is 4.90 Å². The van der Waals surface area contributed by atoms with Gasteiger partial charge in [-0.15, -0.1) is 0 Å². The van der Waals surface area contributed by atoms with E-state index in [4.69, 9.17) is 4.74 Å². The zero-order valence-electron chi connectivity index (χ0n) is 16.6. The number of para-hydroxylation sites is 3. The Morgan fingerprint density at radius 2 is 1.96 bits per heavy atom. The first-order chi connectivity index (χ1) is 13.6. The average Bonchev–Trinajstić information content (AvgIpc) is 2.71. The zero-order valence-corrected chi connectivity index (χ0v) is 16.6. The minimum absolute atomic E-state index is 0.00722. The Kier molecular flexibility index (Phi) is 4.90. The summed E-state index contributed by atoms with van der Waals surface area (Å²) in [5, 5.41) is 0.884. The van der Waals surface area contributed by atoms with Gasteiger partial charge in [0.1, 0.15) is 11.9 Å². The molecule has 1 aliphatic rings. The van der Waals surface area contributed by atoms with Crippen molar-refractivity contribution in [3.8, 4) is 5.75 Å². The number of likely N-dealkylation sites (N-methyl/N-ethyl adjacent to an activating group) is 2. The quantitative estimate of drug-likeness (QED) is 0.694. The number of amides is 1. The lowest BCUT2D eigenvalue weighted by Gasteiger charge is -2.37. The minimum Gasteiger partial charge on any atom is -0.485 e. The number of aryl methyl sites for hydroxylation is 1. The topological polar surface area (TPSA) is 45.7 Å². The summed E-state index contributed by atoms with van der Waals surface area (Å²) in [5.74, 6) is 0.874. The van der Waals surface area contributed by atoms with Crippen molar-refractivity contribution in [1.29, 1.82) is 0 Å². The highest BCUT2D eigenvalue weighted by atomic mass is 16.5. The molecule has 0 radical (unpaired) electrons. The van der Waals surface area contributed by atoms with Crippen LogP contribution < -0.4 is 9.64 Å². The maximum absolute atomic E-state index is 13.2. The molecule has 1 aliphatic heterocycles. The summed E-state index contributed by atoms with van der Waals surface area (Å²) in [6.07, 6.45) is -0.0713. The number of nitrogens with zero attached hydrogens (tertiary/aromatic N) is 3. The molecule has 144 valence electrons. The van der Waals surface area contributed by atoms with Crippen LogP contribution in [0.4, 0.5) is 5.69 Å². The molecule has 0 saturated heterocycles. The van der Waals surface area contributed by atoms with Crippen LogP contribution in [0.3, 0.4) is 0 Å². The van der Waals surface area contributed by atoms with Crippen LogP contribution in [0.25, 0.3) is 10.9 Å². The molecule has 0 N–H and O–H groups in total. The van der Waals surface area contributed by atoms with Crippen molar-refractivity contribution in [2.45, 2.75) is 20.0 Å². The summed E-state index contributed by atoms with van der Waals surface area (Å²) in [5.41, 5.74) is 3.50. The predicted octanol–water partition coefficient (Wildman–Crippen LogP) is 3.90. The molecule has 1 amide bonds. The van der Waals surface area contributed by atoms with Gasteiger partial charge in [0, 0.05) is 24.7 Å². The Hall–Kier alpha value is -3.08. The number of carbonyl (C=O) groups excluding carboxylic acids is 1. The van der Waals surface area contributed by atoms with Crippen LogP contribution in [-0.2, 0) is 0 Å². The van der Waals surface area contributed by atoms with Gasteiger partial charge in [-0.1, -0.05) is 30.3 Å². The first-order valence-corrected chi connectivity index (χ1v) is 9.69. The number of rotatable bonds is 4. The fraction of sp³-hybridized carbons (Fsp3) is 0.304. The largest absolute Gasteiger partial charge is 0.485 e. The second-order valence-electron chi connectivity index (χ2n) is 7.26. The summed E-state index contributed by atoms with van der Waals surface area (Å²) in [4.78, 5) is 21.8. The second-order valence-corrected chi connectivity index (χ2v) is 7.26. The first kappa shape index (κ1) is 18.3. The third-order valence-corrected chi connectivity index (χ3v) is 5.20. The van der Waals surface area contributed by atoms with Crippen molar-refractivity contribution in [3.63, 3.8) is 0 Å². The molecule has 0 spiro atoms. The molecule has 5 nitrogen and oxygen atoms in total. The van der Waals surface area contributed by atoms with Crippen molar-refractivity contribution >= 4 is 22.5 Å². The maximum atomic E-state index is 13.2. The second kappa shape index (κ2) is 7.50. The lowest BCUT2D eigenvalue weighted by molar-refractivity contribution is 0.0711. The molecule has 5 heteroatoms. The summed E-state index contributed by atoms with van der Waals surface area (Å²) in [6.45, 7) is 6.26. The van der Waals surface area contributed by atoms with E-state index in [2.05, 4.69) is 22.9 Å². The molecule has 1 aromatic heterocycles. The van der Waals surface area contributed by atoms with E-state index >= 15 is 0 Å². The van der Waals surface area contributed by atoms with Gasteiger partial charge in [-0.2, -0.15) is 0 Å². The first-order valence-electron chi connectivity index (χ1n) is 9.69. The molecule has 3 aromatic rings. The van der Waals surface area contributed by atoms with Gasteiger partial charge in [-0.05, 0) is 38.1 Å². The summed E-state index contributed by atoms with van der Waals surface area (Å²) < 4.78 is 6.18. The lowest BCUT2D eigenvalue weighted by Crippen LogP contribution is -2.46. The number of carbonyl (C=O) groups is 1. The van der Waals surface area contributed by atoms with Gasteiger partial charge >= 0.3 is 0 Å². The van der Waals surface area contributed by atoms with E-state index < -0.39 is 0 Å². The van der Waals surface area contributed by atoms with Crippen LogP contribution in [0.1, 0.15) is 23.0 Å². The third-order valence-electron chi connectivity index (χ3n) is 5.20. The van der Waals surface area contributed by atoms with Crippen LogP contribution in [0.5, 0.6) is 5.75 Å². The number of fused-ring (bicyclic) bond motifs is 2. The molecule has 0 aliphatic carbocycles. The van der Waals surface area contributed by atoms with Gasteiger partial charge in [-0.3, -0.25) is 9.78 Å². The van der Waals surface area contributed by atoms with Gasteiger partial charge in [0.25, 0.3) is 5.91 Å². The van der Waals surface area contributed by atoms with Crippen LogP contribution in [0, 0.1) is 6.92 Å². The Balaban J connectivity index is 1.56. The van der Waals surface area contributed by atoms with Gasteiger partial charge in [0.15, 0.2) is 0 Å². The predicted molar refractivity (Wildman–Crippen MR) is 112 cm³/mol. The van der Waals surface area contributed by atoms with E-state index in [0.29, 0.717) is 12.1 Å². The smallest absolute Gasteiger partial charge is 0.254 e. The maximum Gasteiger partial charge on any atom is 0.254 e. The fourth-order valence-corrected chi connectivity index (χ4v) is 3.85. The Bertz CT molecular complexity index is 1020. The van der Waals surface area contributed by atoms with Gasteiger partial charge in [-0.25, -0.2) is 0 Å². The highest BCUT2D eigenvalue weighted by Gasteiger charge is 2.27. The Labute approximate surface area is 165 Å². The van der Waals surface area contributed by atoms with Crippen molar-refractivity contribution in [3.05, 3.63) is 65.9 Å². The Morgan fingerprint density at radius 3 is 2.79 bits per heavy atom. The van der Waals surface area contributed by atoms with Crippen LogP contribution in [0.2, 0.25) is 0 Å². The van der Waals surface area contributed by atoms with E-state index in [1.807, 2.05) is 62.5 Å². The standard InChI is InChI=1S/C23H25N3O2/c1-4-26-15-17(28-22-12-8-7-11-21(22)26)14-25(3)23(27)19-13-16(2)24-20-10-6-5-9-18(19)20/h5-13,17H,4,14-15H2,1-3H3/t17-/m0/s1. The molecule has 4 rings (SSSR count). The molecule has 1 atom stereocenters. The SMILES string of the molecule is CCN1C[C@H](CN(C)C(=O)c2cc(C)nc3ccccc23)Oc2ccccc21. The molecule has 0 bridgehead atoms. The van der Waals surface area contributed by atoms with Crippen molar-refractivity contribution in [2.75, 3.05) is 31.6 Å². The summed E-state index contributed by atoms with van der Waals surface area (Å²) in [6, 6.07) is 17.7. The molecule has 2 heterocycles. The number of pyridine rings is 1. The lowest BCUT2D eigenvalue weighted by atomic mass is 10.1. The normalized spacial score (nSPS) is 15.8. The van der Waals surface area contributed by atoms with Crippen molar-refractivity contribution < 1.29 is 9.53 Å². The van der Waals surface area contributed by atoms with Crippen molar-refractivity contribution in [2.24, 2.45) is 0 Å². The number of hydrogen-bond donors (Lipinski definition) is 0. The van der Waals surface area contributed by atoms with Crippen molar-refractivity contribution in [1.82, 2.24) is 9.88 Å². The molecule has 0 fully saturated rings.